The molecule has 1 aromatic heterocycles. The highest BCUT2D eigenvalue weighted by atomic mass is 19.1. The van der Waals surface area contributed by atoms with Crippen molar-refractivity contribution < 1.29 is 4.39 Å². The molecular formula is C21H25FN2. The summed E-state index contributed by atoms with van der Waals surface area (Å²) in [6, 6.07) is 14.4. The van der Waals surface area contributed by atoms with E-state index in [1.54, 1.807) is 18.3 Å². The molecule has 1 aromatic carbocycles. The number of nitrogens with zero attached hydrogens (tertiary/aromatic N) is 2. The predicted molar refractivity (Wildman–Crippen MR) is 94.8 cm³/mol. The molecule has 0 saturated heterocycles. The number of rotatable bonds is 6. The van der Waals surface area contributed by atoms with Gasteiger partial charge in [-0.2, -0.15) is 5.26 Å². The Bertz CT molecular complexity index is 678. The van der Waals surface area contributed by atoms with Gasteiger partial charge in [0.25, 0.3) is 0 Å². The third-order valence-electron chi connectivity index (χ3n) is 4.88. The van der Waals surface area contributed by atoms with Crippen LogP contribution >= 0.6 is 0 Å². The Morgan fingerprint density at radius 2 is 1.67 bits per heavy atom. The van der Waals surface area contributed by atoms with Crippen LogP contribution in [-0.2, 0) is 5.41 Å². The van der Waals surface area contributed by atoms with E-state index in [1.165, 1.54) is 12.1 Å². The smallest absolute Gasteiger partial charge is 0.124 e. The Labute approximate surface area is 144 Å². The van der Waals surface area contributed by atoms with Crippen LogP contribution in [0.5, 0.6) is 0 Å². The fourth-order valence-corrected chi connectivity index (χ4v) is 3.48. The van der Waals surface area contributed by atoms with Crippen LogP contribution in [0.25, 0.3) is 0 Å². The van der Waals surface area contributed by atoms with Gasteiger partial charge in [0.1, 0.15) is 11.2 Å². The fraction of sp³-hybridized carbons (Fsp3) is 0.429. The number of aromatic nitrogens is 1. The number of hydrogen-bond donors (Lipinski definition) is 0. The Kier molecular flexibility index (Phi) is 5.72. The summed E-state index contributed by atoms with van der Waals surface area (Å²) in [7, 11) is 0. The molecule has 0 saturated carbocycles. The van der Waals surface area contributed by atoms with Crippen LogP contribution in [0.15, 0.2) is 48.7 Å². The maximum atomic E-state index is 13.4. The largest absolute Gasteiger partial charge is 0.259 e. The molecule has 2 nitrogen and oxygen atoms in total. The molecule has 2 rings (SSSR count). The van der Waals surface area contributed by atoms with Gasteiger partial charge in [0.05, 0.1) is 11.8 Å². The molecule has 0 radical (unpaired) electrons. The Morgan fingerprint density at radius 3 is 2.12 bits per heavy atom. The van der Waals surface area contributed by atoms with Crippen molar-refractivity contribution >= 4 is 0 Å². The van der Waals surface area contributed by atoms with E-state index in [1.807, 2.05) is 18.2 Å². The second-order valence-electron chi connectivity index (χ2n) is 7.10. The van der Waals surface area contributed by atoms with Crippen LogP contribution in [0.3, 0.4) is 0 Å². The number of hydrogen-bond acceptors (Lipinski definition) is 2. The van der Waals surface area contributed by atoms with Crippen molar-refractivity contribution in [3.05, 3.63) is 65.7 Å². The zero-order valence-corrected chi connectivity index (χ0v) is 14.8. The minimum atomic E-state index is -0.867. The van der Waals surface area contributed by atoms with E-state index >= 15 is 0 Å². The molecule has 0 fully saturated rings. The first-order valence-corrected chi connectivity index (χ1v) is 8.49. The summed E-state index contributed by atoms with van der Waals surface area (Å²) in [5.74, 6) is 0.955. The van der Waals surface area contributed by atoms with E-state index in [0.717, 1.165) is 11.3 Å². The zero-order valence-electron chi connectivity index (χ0n) is 14.8. The summed E-state index contributed by atoms with van der Waals surface area (Å²) >= 11 is 0. The summed E-state index contributed by atoms with van der Waals surface area (Å²) in [5.41, 5.74) is 0.663. The standard InChI is InChI=1S/C21H25FN2/c1-15(2)19(16(3)4)13-21(14-23,20-7-5-6-12-24-20)17-8-10-18(22)11-9-17/h5-12,15-16,19H,13H2,1-4H3. The van der Waals surface area contributed by atoms with Crippen molar-refractivity contribution in [2.24, 2.45) is 17.8 Å². The van der Waals surface area contributed by atoms with Gasteiger partial charge in [-0.05, 0) is 54.0 Å². The topological polar surface area (TPSA) is 36.7 Å². The average Bonchev–Trinajstić information content (AvgIpc) is 2.57. The second kappa shape index (κ2) is 7.57. The Hall–Kier alpha value is -2.21. The molecule has 0 spiro atoms. The van der Waals surface area contributed by atoms with Gasteiger partial charge in [0, 0.05) is 6.20 Å². The quantitative estimate of drug-likeness (QED) is 0.718. The normalized spacial score (nSPS) is 14.0. The van der Waals surface area contributed by atoms with Crippen molar-refractivity contribution in [2.75, 3.05) is 0 Å². The lowest BCUT2D eigenvalue weighted by molar-refractivity contribution is 0.241. The number of benzene rings is 1. The van der Waals surface area contributed by atoms with Crippen molar-refractivity contribution in [2.45, 2.75) is 39.5 Å². The first kappa shape index (κ1) is 18.1. The summed E-state index contributed by atoms with van der Waals surface area (Å²) in [4.78, 5) is 4.48. The summed E-state index contributed by atoms with van der Waals surface area (Å²) in [5, 5.41) is 10.2. The SMILES string of the molecule is CC(C)C(CC(C#N)(c1ccc(F)cc1)c1ccccn1)C(C)C. The van der Waals surface area contributed by atoms with Crippen LogP contribution < -0.4 is 0 Å². The Balaban J connectivity index is 2.60. The first-order valence-electron chi connectivity index (χ1n) is 8.49. The van der Waals surface area contributed by atoms with Crippen LogP contribution in [-0.4, -0.2) is 4.98 Å². The third-order valence-corrected chi connectivity index (χ3v) is 4.88. The molecule has 24 heavy (non-hydrogen) atoms. The average molecular weight is 324 g/mol. The minimum absolute atomic E-state index is 0.295. The van der Waals surface area contributed by atoms with Crippen molar-refractivity contribution in [1.82, 2.24) is 4.98 Å². The molecule has 0 aliphatic carbocycles. The Morgan fingerprint density at radius 1 is 1.04 bits per heavy atom. The van der Waals surface area contributed by atoms with Gasteiger partial charge in [0.2, 0.25) is 0 Å². The highest BCUT2D eigenvalue weighted by Crippen LogP contribution is 2.41. The van der Waals surface area contributed by atoms with E-state index < -0.39 is 5.41 Å². The maximum Gasteiger partial charge on any atom is 0.124 e. The molecule has 0 aliphatic heterocycles. The van der Waals surface area contributed by atoms with Crippen molar-refractivity contribution in [3.63, 3.8) is 0 Å². The van der Waals surface area contributed by atoms with Crippen LogP contribution in [0.4, 0.5) is 4.39 Å². The zero-order chi connectivity index (χ0) is 17.7. The highest BCUT2D eigenvalue weighted by Gasteiger charge is 2.39. The van der Waals surface area contributed by atoms with Gasteiger partial charge in [-0.15, -0.1) is 0 Å². The monoisotopic (exact) mass is 324 g/mol. The van der Waals surface area contributed by atoms with Gasteiger partial charge in [-0.1, -0.05) is 45.9 Å². The van der Waals surface area contributed by atoms with E-state index in [0.29, 0.717) is 24.2 Å². The fourth-order valence-electron chi connectivity index (χ4n) is 3.48. The molecule has 0 amide bonds. The highest BCUT2D eigenvalue weighted by molar-refractivity contribution is 5.43. The van der Waals surface area contributed by atoms with Crippen molar-refractivity contribution in [1.29, 1.82) is 5.26 Å². The van der Waals surface area contributed by atoms with Gasteiger partial charge < -0.3 is 0 Å². The number of nitriles is 1. The minimum Gasteiger partial charge on any atom is -0.259 e. The third kappa shape index (κ3) is 3.64. The molecule has 1 unspecified atom stereocenters. The molecule has 0 N–H and O–H groups in total. The molecule has 1 atom stereocenters. The molecule has 0 bridgehead atoms. The van der Waals surface area contributed by atoms with Crippen LogP contribution in [0.1, 0.15) is 45.4 Å². The molecular weight excluding hydrogens is 299 g/mol. The molecule has 126 valence electrons. The van der Waals surface area contributed by atoms with Gasteiger partial charge in [-0.25, -0.2) is 4.39 Å². The molecule has 1 heterocycles. The lowest BCUT2D eigenvalue weighted by Crippen LogP contribution is -2.33. The van der Waals surface area contributed by atoms with E-state index in [9.17, 15) is 9.65 Å². The number of pyridine rings is 1. The van der Waals surface area contributed by atoms with E-state index in [-0.39, 0.29) is 5.82 Å². The van der Waals surface area contributed by atoms with Crippen molar-refractivity contribution in [3.8, 4) is 6.07 Å². The van der Waals surface area contributed by atoms with Gasteiger partial charge >= 0.3 is 0 Å². The molecule has 2 aromatic rings. The second-order valence-corrected chi connectivity index (χ2v) is 7.10. The lowest BCUT2D eigenvalue weighted by atomic mass is 9.67. The first-order chi connectivity index (χ1) is 11.4. The van der Waals surface area contributed by atoms with E-state index in [2.05, 4.69) is 38.7 Å². The van der Waals surface area contributed by atoms with Gasteiger partial charge in [-0.3, -0.25) is 4.98 Å². The summed E-state index contributed by atoms with van der Waals surface area (Å²) in [6.45, 7) is 8.76. The molecule has 0 aliphatic rings. The van der Waals surface area contributed by atoms with Gasteiger partial charge in [0.15, 0.2) is 0 Å². The van der Waals surface area contributed by atoms with Crippen LogP contribution in [0, 0.1) is 34.9 Å². The van der Waals surface area contributed by atoms with E-state index in [4.69, 9.17) is 0 Å². The predicted octanol–water partition coefficient (Wildman–Crippen LogP) is 5.35. The van der Waals surface area contributed by atoms with Crippen LogP contribution in [0.2, 0.25) is 0 Å². The molecule has 3 heteroatoms. The summed E-state index contributed by atoms with van der Waals surface area (Å²) in [6.07, 6.45) is 2.38. The maximum absolute atomic E-state index is 13.4. The summed E-state index contributed by atoms with van der Waals surface area (Å²) < 4.78 is 13.4. The lowest BCUT2D eigenvalue weighted by Gasteiger charge is -2.34. The number of halogens is 1.